The Labute approximate surface area is 243 Å². The number of hydrogen-bond acceptors (Lipinski definition) is 4. The third kappa shape index (κ3) is 7.64. The van der Waals surface area contributed by atoms with Gasteiger partial charge in [-0.15, -0.1) is 0 Å². The van der Waals surface area contributed by atoms with Crippen molar-refractivity contribution in [2.75, 3.05) is 10.8 Å². The highest BCUT2D eigenvalue weighted by molar-refractivity contribution is 7.92. The monoisotopic (exact) mass is 583 g/mol. The maximum Gasteiger partial charge on any atom is 0.264 e. The molecule has 0 aliphatic rings. The summed E-state index contributed by atoms with van der Waals surface area (Å²) in [6, 6.07) is 19.7. The molecule has 0 saturated carbocycles. The van der Waals surface area contributed by atoms with E-state index in [2.05, 4.69) is 5.32 Å². The Morgan fingerprint density at radius 2 is 1.52 bits per heavy atom. The second-order valence-corrected chi connectivity index (χ2v) is 12.3. The van der Waals surface area contributed by atoms with Crippen LogP contribution in [0.1, 0.15) is 50.3 Å². The average Bonchev–Trinajstić information content (AvgIpc) is 2.93. The van der Waals surface area contributed by atoms with Crippen molar-refractivity contribution in [2.45, 2.75) is 71.0 Å². The summed E-state index contributed by atoms with van der Waals surface area (Å²) in [5.41, 5.74) is 3.00. The van der Waals surface area contributed by atoms with Crippen molar-refractivity contribution in [1.29, 1.82) is 0 Å². The van der Waals surface area contributed by atoms with Crippen LogP contribution in [0.5, 0.6) is 0 Å². The minimum absolute atomic E-state index is 0.0135. The van der Waals surface area contributed by atoms with E-state index in [0.29, 0.717) is 22.7 Å². The lowest BCUT2D eigenvalue weighted by molar-refractivity contribution is -0.140. The minimum Gasteiger partial charge on any atom is -0.352 e. The highest BCUT2D eigenvalue weighted by Gasteiger charge is 2.34. The number of nitrogens with one attached hydrogen (secondary N) is 1. The standard InChI is InChI=1S/C31H38ClN3O4S/c1-6-24(5)33-31(37)28(7-2)34(20-25-14-12-22(3)13-15-25)30(36)21-35(29-11-9-8-10-23(29)4)40(38,39)27-18-16-26(32)17-19-27/h8-19,24,28H,6-7,20-21H2,1-5H3,(H,33,37)/t24-,28-/m1/s1. The first-order valence-corrected chi connectivity index (χ1v) is 15.3. The fourth-order valence-electron chi connectivity index (χ4n) is 4.34. The fraction of sp³-hybridized carbons (Fsp3) is 0.355. The molecule has 3 aromatic carbocycles. The van der Waals surface area contributed by atoms with Crippen LogP contribution >= 0.6 is 11.6 Å². The van der Waals surface area contributed by atoms with Crippen LogP contribution in [-0.2, 0) is 26.2 Å². The van der Waals surface area contributed by atoms with Crippen molar-refractivity contribution in [2.24, 2.45) is 0 Å². The van der Waals surface area contributed by atoms with E-state index in [9.17, 15) is 18.0 Å². The number of benzene rings is 3. The SMILES string of the molecule is CC[C@@H](C)NC(=O)[C@@H](CC)N(Cc1ccc(C)cc1)C(=O)CN(c1ccccc1C)S(=O)(=O)c1ccc(Cl)cc1. The first-order chi connectivity index (χ1) is 19.0. The quantitative estimate of drug-likeness (QED) is 0.289. The van der Waals surface area contributed by atoms with Crippen LogP contribution in [0.15, 0.2) is 77.7 Å². The number of nitrogens with zero attached hydrogens (tertiary/aromatic N) is 2. The van der Waals surface area contributed by atoms with Crippen molar-refractivity contribution in [3.63, 3.8) is 0 Å². The Kier molecular flexibility index (Phi) is 10.8. The number of hydrogen-bond donors (Lipinski definition) is 1. The number of halogens is 1. The van der Waals surface area contributed by atoms with Gasteiger partial charge in [-0.2, -0.15) is 0 Å². The third-order valence-electron chi connectivity index (χ3n) is 6.93. The lowest BCUT2D eigenvalue weighted by atomic mass is 10.1. The summed E-state index contributed by atoms with van der Waals surface area (Å²) in [6.45, 7) is 9.19. The summed E-state index contributed by atoms with van der Waals surface area (Å²) in [7, 11) is -4.15. The average molecular weight is 584 g/mol. The largest absolute Gasteiger partial charge is 0.352 e. The number of carbonyl (C=O) groups is 2. The predicted octanol–water partition coefficient (Wildman–Crippen LogP) is 5.87. The topological polar surface area (TPSA) is 86.8 Å². The smallest absolute Gasteiger partial charge is 0.264 e. The maximum absolute atomic E-state index is 14.1. The highest BCUT2D eigenvalue weighted by Crippen LogP contribution is 2.28. The van der Waals surface area contributed by atoms with E-state index in [1.807, 2.05) is 58.0 Å². The van der Waals surface area contributed by atoms with E-state index >= 15 is 0 Å². The van der Waals surface area contributed by atoms with Gasteiger partial charge >= 0.3 is 0 Å². The lowest BCUT2D eigenvalue weighted by Gasteiger charge is -2.34. The molecule has 3 aromatic rings. The lowest BCUT2D eigenvalue weighted by Crippen LogP contribution is -2.53. The summed E-state index contributed by atoms with van der Waals surface area (Å²) in [5.74, 6) is -0.743. The van der Waals surface area contributed by atoms with E-state index in [0.717, 1.165) is 21.9 Å². The Balaban J connectivity index is 2.06. The molecule has 0 aliphatic heterocycles. The summed E-state index contributed by atoms with van der Waals surface area (Å²) in [4.78, 5) is 29.0. The van der Waals surface area contributed by atoms with Gasteiger partial charge in [-0.1, -0.05) is 73.5 Å². The molecule has 40 heavy (non-hydrogen) atoms. The molecule has 0 radical (unpaired) electrons. The molecule has 0 heterocycles. The molecular formula is C31H38ClN3O4S. The number of para-hydroxylation sites is 1. The third-order valence-corrected chi connectivity index (χ3v) is 8.95. The van der Waals surface area contributed by atoms with Gasteiger partial charge in [0.2, 0.25) is 11.8 Å². The van der Waals surface area contributed by atoms with Gasteiger partial charge in [0.25, 0.3) is 10.0 Å². The molecule has 0 fully saturated rings. The first-order valence-electron chi connectivity index (χ1n) is 13.5. The van der Waals surface area contributed by atoms with Crippen LogP contribution < -0.4 is 9.62 Å². The van der Waals surface area contributed by atoms with Gasteiger partial charge in [0.15, 0.2) is 0 Å². The van der Waals surface area contributed by atoms with Crippen molar-refractivity contribution in [1.82, 2.24) is 10.2 Å². The summed E-state index contributed by atoms with van der Waals surface area (Å²) >= 11 is 6.02. The van der Waals surface area contributed by atoms with Crippen LogP contribution in [0.25, 0.3) is 0 Å². The van der Waals surface area contributed by atoms with Gasteiger partial charge in [-0.05, 0) is 75.1 Å². The van der Waals surface area contributed by atoms with Gasteiger partial charge in [-0.25, -0.2) is 8.42 Å². The fourth-order valence-corrected chi connectivity index (χ4v) is 5.95. The van der Waals surface area contributed by atoms with Gasteiger partial charge in [-0.3, -0.25) is 13.9 Å². The van der Waals surface area contributed by atoms with Crippen LogP contribution in [0, 0.1) is 13.8 Å². The zero-order chi connectivity index (χ0) is 29.4. The first kappa shape index (κ1) is 31.2. The molecule has 214 valence electrons. The van der Waals surface area contributed by atoms with E-state index in [1.165, 1.54) is 29.2 Å². The Hall–Kier alpha value is -3.36. The molecule has 2 atom stereocenters. The van der Waals surface area contributed by atoms with Crippen molar-refractivity contribution < 1.29 is 18.0 Å². The van der Waals surface area contributed by atoms with Crippen LogP contribution in [-0.4, -0.2) is 43.8 Å². The van der Waals surface area contributed by atoms with E-state index < -0.39 is 28.5 Å². The van der Waals surface area contributed by atoms with E-state index in [4.69, 9.17) is 11.6 Å². The van der Waals surface area contributed by atoms with Crippen LogP contribution in [0.4, 0.5) is 5.69 Å². The molecule has 0 saturated heterocycles. The summed E-state index contributed by atoms with van der Waals surface area (Å²) < 4.78 is 29.0. The molecule has 7 nitrogen and oxygen atoms in total. The summed E-state index contributed by atoms with van der Waals surface area (Å²) in [5, 5.41) is 3.39. The minimum atomic E-state index is -4.15. The Bertz CT molecular complexity index is 1410. The van der Waals surface area contributed by atoms with Crippen LogP contribution in [0.3, 0.4) is 0 Å². The Morgan fingerprint density at radius 1 is 0.900 bits per heavy atom. The maximum atomic E-state index is 14.1. The zero-order valence-electron chi connectivity index (χ0n) is 23.7. The molecule has 3 rings (SSSR count). The molecule has 9 heteroatoms. The molecular weight excluding hydrogens is 546 g/mol. The molecule has 0 bridgehead atoms. The second kappa shape index (κ2) is 13.8. The van der Waals surface area contributed by atoms with Crippen LogP contribution in [0.2, 0.25) is 5.02 Å². The highest BCUT2D eigenvalue weighted by atomic mass is 35.5. The number of carbonyl (C=O) groups excluding carboxylic acids is 2. The number of anilines is 1. The van der Waals surface area contributed by atoms with Gasteiger partial charge in [0.1, 0.15) is 12.6 Å². The molecule has 0 aromatic heterocycles. The molecule has 2 amide bonds. The summed E-state index contributed by atoms with van der Waals surface area (Å²) in [6.07, 6.45) is 1.11. The second-order valence-electron chi connectivity index (χ2n) is 10.0. The number of amides is 2. The Morgan fingerprint density at radius 3 is 2.10 bits per heavy atom. The normalized spacial score (nSPS) is 12.8. The van der Waals surface area contributed by atoms with Crippen molar-refractivity contribution in [3.8, 4) is 0 Å². The van der Waals surface area contributed by atoms with Crippen molar-refractivity contribution in [3.05, 3.63) is 94.5 Å². The zero-order valence-corrected chi connectivity index (χ0v) is 25.3. The number of aryl methyl sites for hydroxylation is 2. The predicted molar refractivity (Wildman–Crippen MR) is 161 cm³/mol. The van der Waals surface area contributed by atoms with Crippen molar-refractivity contribution >= 4 is 39.1 Å². The van der Waals surface area contributed by atoms with Gasteiger partial charge < -0.3 is 10.2 Å². The molecule has 1 N–H and O–H groups in total. The molecule has 0 spiro atoms. The van der Waals surface area contributed by atoms with Gasteiger partial charge in [0, 0.05) is 17.6 Å². The van der Waals surface area contributed by atoms with E-state index in [1.54, 1.807) is 25.1 Å². The number of rotatable bonds is 12. The van der Waals surface area contributed by atoms with E-state index in [-0.39, 0.29) is 23.4 Å². The molecule has 0 aliphatic carbocycles. The number of sulfonamides is 1. The molecule has 0 unspecified atom stereocenters. The van der Waals surface area contributed by atoms with Gasteiger partial charge in [0.05, 0.1) is 10.6 Å².